The number of carboxylic acid groups (broad SMARTS) is 1. The van der Waals surface area contributed by atoms with Crippen LogP contribution >= 0.6 is 0 Å². The van der Waals surface area contributed by atoms with E-state index in [1.54, 1.807) is 0 Å². The normalized spacial score (nSPS) is 33.0. The minimum atomic E-state index is -0.646. The highest BCUT2D eigenvalue weighted by molar-refractivity contribution is 5.78. The van der Waals surface area contributed by atoms with Crippen LogP contribution in [0, 0.1) is 5.41 Å². The van der Waals surface area contributed by atoms with Gasteiger partial charge in [-0.1, -0.05) is 24.3 Å². The molecular weight excluding hydrogens is 314 g/mol. The van der Waals surface area contributed by atoms with Gasteiger partial charge in [0.15, 0.2) is 0 Å². The first-order valence-corrected chi connectivity index (χ1v) is 9.64. The number of carbonyl (C=O) groups is 2. The Morgan fingerprint density at radius 1 is 1.08 bits per heavy atom. The third-order valence-corrected chi connectivity index (χ3v) is 7.08. The Kier molecular flexibility index (Phi) is 4.09. The molecule has 1 unspecified atom stereocenters. The number of carbonyl (C=O) groups excluding carboxylic acids is 1. The molecule has 5 rings (SSSR count). The maximum atomic E-state index is 12.5. The molecule has 4 nitrogen and oxygen atoms in total. The highest BCUT2D eigenvalue weighted by Gasteiger charge is 2.53. The van der Waals surface area contributed by atoms with E-state index in [9.17, 15) is 14.7 Å². The number of carboxylic acids is 1. The molecule has 0 saturated heterocycles. The molecule has 2 N–H and O–H groups in total. The molecule has 0 radical (unpaired) electrons. The van der Waals surface area contributed by atoms with E-state index in [0.717, 1.165) is 38.5 Å². The van der Waals surface area contributed by atoms with E-state index in [-0.39, 0.29) is 11.4 Å². The van der Waals surface area contributed by atoms with Crippen molar-refractivity contribution in [2.75, 3.05) is 0 Å². The van der Waals surface area contributed by atoms with Crippen LogP contribution in [0.5, 0.6) is 0 Å². The summed E-state index contributed by atoms with van der Waals surface area (Å²) in [4.78, 5) is 24.1. The van der Waals surface area contributed by atoms with Gasteiger partial charge in [0.05, 0.1) is 5.41 Å². The Bertz CT molecular complexity index is 672. The van der Waals surface area contributed by atoms with Gasteiger partial charge in [0.2, 0.25) is 5.91 Å². The molecule has 1 aromatic rings. The second-order valence-electron chi connectivity index (χ2n) is 8.39. The van der Waals surface area contributed by atoms with Gasteiger partial charge >= 0.3 is 5.97 Å². The summed E-state index contributed by atoms with van der Waals surface area (Å²) in [5.41, 5.74) is 2.22. The van der Waals surface area contributed by atoms with Crippen LogP contribution in [0.25, 0.3) is 0 Å². The van der Waals surface area contributed by atoms with E-state index in [0.29, 0.717) is 31.6 Å². The summed E-state index contributed by atoms with van der Waals surface area (Å²) in [5, 5.41) is 12.8. The smallest absolute Gasteiger partial charge is 0.309 e. The van der Waals surface area contributed by atoms with Crippen molar-refractivity contribution in [2.45, 2.75) is 75.7 Å². The number of rotatable bonds is 5. The largest absolute Gasteiger partial charge is 0.481 e. The quantitative estimate of drug-likeness (QED) is 0.856. The first-order chi connectivity index (χ1) is 12.0. The monoisotopic (exact) mass is 341 g/mol. The lowest BCUT2D eigenvalue weighted by Gasteiger charge is -2.51. The highest BCUT2D eigenvalue weighted by Crippen LogP contribution is 2.52. The minimum Gasteiger partial charge on any atom is -0.481 e. The van der Waals surface area contributed by atoms with Crippen LogP contribution in [-0.2, 0) is 16.0 Å². The van der Waals surface area contributed by atoms with Crippen molar-refractivity contribution >= 4 is 11.9 Å². The van der Waals surface area contributed by atoms with Crippen molar-refractivity contribution in [3.63, 3.8) is 0 Å². The molecule has 0 aromatic heterocycles. The SMILES string of the molecule is O=C(CCC1CCc2ccccc21)NC12CCC(C(=O)O)(CC1)CC2. The number of benzene rings is 1. The van der Waals surface area contributed by atoms with Crippen LogP contribution in [0.2, 0.25) is 0 Å². The standard InChI is InChI=1S/C21H27NO3/c23-18(8-7-16-6-5-15-3-1-2-4-17(15)16)22-21-12-9-20(10-13-21,11-14-21)19(24)25/h1-4,16H,5-14H2,(H,22,23)(H,24,25). The molecule has 2 bridgehead atoms. The second kappa shape index (κ2) is 6.15. The number of aryl methyl sites for hydroxylation is 1. The fourth-order valence-corrected chi connectivity index (χ4v) is 5.30. The lowest BCUT2D eigenvalue weighted by molar-refractivity contribution is -0.157. The third-order valence-electron chi connectivity index (χ3n) is 7.08. The number of nitrogens with one attached hydrogen (secondary N) is 1. The molecule has 4 aliphatic rings. The van der Waals surface area contributed by atoms with Crippen LogP contribution in [0.1, 0.15) is 74.8 Å². The zero-order chi connectivity index (χ0) is 17.5. The van der Waals surface area contributed by atoms with Gasteiger partial charge in [0.1, 0.15) is 0 Å². The topological polar surface area (TPSA) is 66.4 Å². The molecule has 3 saturated carbocycles. The van der Waals surface area contributed by atoms with Gasteiger partial charge in [0.25, 0.3) is 0 Å². The summed E-state index contributed by atoms with van der Waals surface area (Å²) < 4.78 is 0. The van der Waals surface area contributed by atoms with Crippen molar-refractivity contribution in [3.05, 3.63) is 35.4 Å². The van der Waals surface area contributed by atoms with Crippen LogP contribution in [0.3, 0.4) is 0 Å². The van der Waals surface area contributed by atoms with Gasteiger partial charge < -0.3 is 10.4 Å². The van der Waals surface area contributed by atoms with Crippen molar-refractivity contribution in [3.8, 4) is 0 Å². The average Bonchev–Trinajstić information content (AvgIpc) is 3.04. The van der Waals surface area contributed by atoms with Gasteiger partial charge in [-0.05, 0) is 74.8 Å². The first kappa shape index (κ1) is 16.6. The number of hydrogen-bond acceptors (Lipinski definition) is 2. The summed E-state index contributed by atoms with van der Waals surface area (Å²) in [6.07, 6.45) is 8.34. The van der Waals surface area contributed by atoms with Crippen molar-refractivity contribution in [1.29, 1.82) is 0 Å². The maximum absolute atomic E-state index is 12.5. The summed E-state index contributed by atoms with van der Waals surface area (Å²) in [6, 6.07) is 8.59. The predicted molar refractivity (Wildman–Crippen MR) is 95.4 cm³/mol. The van der Waals surface area contributed by atoms with Crippen LogP contribution in [-0.4, -0.2) is 22.5 Å². The van der Waals surface area contributed by atoms with E-state index in [1.807, 2.05) is 0 Å². The first-order valence-electron chi connectivity index (χ1n) is 9.64. The molecule has 4 heteroatoms. The van der Waals surface area contributed by atoms with Crippen LogP contribution < -0.4 is 5.32 Å². The molecule has 0 heterocycles. The van der Waals surface area contributed by atoms with Crippen molar-refractivity contribution in [1.82, 2.24) is 5.32 Å². The Morgan fingerprint density at radius 2 is 1.76 bits per heavy atom. The van der Waals surface area contributed by atoms with E-state index in [4.69, 9.17) is 0 Å². The van der Waals surface area contributed by atoms with Crippen molar-refractivity contribution in [2.24, 2.45) is 5.41 Å². The molecule has 1 amide bonds. The Labute approximate surface area is 149 Å². The zero-order valence-corrected chi connectivity index (χ0v) is 14.7. The molecule has 1 aromatic carbocycles. The van der Waals surface area contributed by atoms with E-state index < -0.39 is 11.4 Å². The van der Waals surface area contributed by atoms with Gasteiger partial charge in [-0.2, -0.15) is 0 Å². The van der Waals surface area contributed by atoms with Crippen LogP contribution in [0.15, 0.2) is 24.3 Å². The van der Waals surface area contributed by atoms with Crippen LogP contribution in [0.4, 0.5) is 0 Å². The summed E-state index contributed by atoms with van der Waals surface area (Å²) in [6.45, 7) is 0. The molecule has 134 valence electrons. The number of amides is 1. The fourth-order valence-electron chi connectivity index (χ4n) is 5.30. The molecule has 25 heavy (non-hydrogen) atoms. The van der Waals surface area contributed by atoms with Gasteiger partial charge in [-0.15, -0.1) is 0 Å². The van der Waals surface area contributed by atoms with Gasteiger partial charge in [-0.25, -0.2) is 0 Å². The summed E-state index contributed by atoms with van der Waals surface area (Å²) >= 11 is 0. The molecule has 0 aliphatic heterocycles. The molecule has 4 aliphatic carbocycles. The Balaban J connectivity index is 1.31. The molecule has 1 atom stereocenters. The van der Waals surface area contributed by atoms with E-state index in [2.05, 4.69) is 29.6 Å². The fraction of sp³-hybridized carbons (Fsp3) is 0.619. The second-order valence-corrected chi connectivity index (χ2v) is 8.39. The van der Waals surface area contributed by atoms with Crippen molar-refractivity contribution < 1.29 is 14.7 Å². The summed E-state index contributed by atoms with van der Waals surface area (Å²) in [7, 11) is 0. The minimum absolute atomic E-state index is 0.137. The highest BCUT2D eigenvalue weighted by atomic mass is 16.4. The Hall–Kier alpha value is -1.84. The lowest BCUT2D eigenvalue weighted by Crippen LogP contribution is -2.58. The third kappa shape index (κ3) is 2.96. The molecule has 3 fully saturated rings. The molecule has 0 spiro atoms. The zero-order valence-electron chi connectivity index (χ0n) is 14.7. The van der Waals surface area contributed by atoms with Gasteiger partial charge in [-0.3, -0.25) is 9.59 Å². The summed E-state index contributed by atoms with van der Waals surface area (Å²) in [5.74, 6) is 0.0120. The number of fused-ring (bicyclic) bond motifs is 4. The lowest BCUT2D eigenvalue weighted by atomic mass is 9.57. The molecular formula is C21H27NO3. The predicted octanol–water partition coefficient (Wildman–Crippen LogP) is 3.79. The van der Waals surface area contributed by atoms with E-state index in [1.165, 1.54) is 11.1 Å². The number of aliphatic carboxylic acids is 1. The van der Waals surface area contributed by atoms with E-state index >= 15 is 0 Å². The average molecular weight is 341 g/mol. The van der Waals surface area contributed by atoms with Gasteiger partial charge in [0, 0.05) is 12.0 Å². The maximum Gasteiger partial charge on any atom is 0.309 e. The number of hydrogen-bond donors (Lipinski definition) is 2. The Morgan fingerprint density at radius 3 is 2.44 bits per heavy atom.